The SMILES string of the molecule is O=C(Oc1ccc2c(c1)OCO2)c1cc(=O)c2ccccc2o1. The second kappa shape index (κ2) is 5.17. The number of hydrogen-bond acceptors (Lipinski definition) is 6. The first kappa shape index (κ1) is 13.4. The van der Waals surface area contributed by atoms with Crippen molar-refractivity contribution in [1.82, 2.24) is 0 Å². The van der Waals surface area contributed by atoms with E-state index in [9.17, 15) is 9.59 Å². The van der Waals surface area contributed by atoms with Crippen LogP contribution in [0.25, 0.3) is 11.0 Å². The zero-order valence-corrected chi connectivity index (χ0v) is 11.8. The van der Waals surface area contributed by atoms with Crippen molar-refractivity contribution in [2.45, 2.75) is 0 Å². The molecule has 23 heavy (non-hydrogen) atoms. The summed E-state index contributed by atoms with van der Waals surface area (Å²) in [4.78, 5) is 24.2. The van der Waals surface area contributed by atoms with Crippen LogP contribution in [-0.4, -0.2) is 12.8 Å². The van der Waals surface area contributed by atoms with E-state index >= 15 is 0 Å². The Kier molecular flexibility index (Phi) is 3.01. The summed E-state index contributed by atoms with van der Waals surface area (Å²) in [6.07, 6.45) is 0. The monoisotopic (exact) mass is 310 g/mol. The molecular weight excluding hydrogens is 300 g/mol. The zero-order valence-electron chi connectivity index (χ0n) is 11.8. The second-order valence-electron chi connectivity index (χ2n) is 4.88. The van der Waals surface area contributed by atoms with Crippen molar-refractivity contribution < 1.29 is 23.4 Å². The summed E-state index contributed by atoms with van der Waals surface area (Å²) in [5, 5.41) is 0.409. The summed E-state index contributed by atoms with van der Waals surface area (Å²) < 4.78 is 21.1. The number of fused-ring (bicyclic) bond motifs is 2. The molecule has 1 aliphatic heterocycles. The molecule has 0 aliphatic carbocycles. The molecule has 6 heteroatoms. The minimum atomic E-state index is -0.758. The maximum Gasteiger partial charge on any atom is 0.379 e. The Labute approximate surface area is 129 Å². The molecule has 0 radical (unpaired) electrons. The van der Waals surface area contributed by atoms with E-state index in [0.717, 1.165) is 6.07 Å². The van der Waals surface area contributed by atoms with E-state index in [1.165, 1.54) is 0 Å². The number of carbonyl (C=O) groups is 1. The van der Waals surface area contributed by atoms with Gasteiger partial charge >= 0.3 is 5.97 Å². The number of para-hydroxylation sites is 1. The zero-order chi connectivity index (χ0) is 15.8. The molecule has 2 heterocycles. The van der Waals surface area contributed by atoms with Crippen LogP contribution < -0.4 is 19.6 Å². The summed E-state index contributed by atoms with van der Waals surface area (Å²) in [6.45, 7) is 0.131. The number of benzene rings is 2. The minimum absolute atomic E-state index is 0.131. The Hall–Kier alpha value is -3.28. The summed E-state index contributed by atoms with van der Waals surface area (Å²) in [5.74, 6) is 0.436. The first-order valence-corrected chi connectivity index (χ1v) is 6.85. The van der Waals surface area contributed by atoms with Gasteiger partial charge in [0, 0.05) is 12.1 Å². The highest BCUT2D eigenvalue weighted by Crippen LogP contribution is 2.35. The molecule has 3 aromatic rings. The molecule has 114 valence electrons. The molecule has 0 fully saturated rings. The Morgan fingerprint density at radius 1 is 1.00 bits per heavy atom. The van der Waals surface area contributed by atoms with Crippen molar-refractivity contribution in [2.75, 3.05) is 6.79 Å². The van der Waals surface area contributed by atoms with Gasteiger partial charge in [0.15, 0.2) is 16.9 Å². The normalized spacial score (nSPS) is 12.3. The lowest BCUT2D eigenvalue weighted by Crippen LogP contribution is -2.12. The molecule has 4 rings (SSSR count). The molecule has 6 nitrogen and oxygen atoms in total. The van der Waals surface area contributed by atoms with Gasteiger partial charge in [0.25, 0.3) is 0 Å². The smallest absolute Gasteiger partial charge is 0.379 e. The molecule has 0 bridgehead atoms. The van der Waals surface area contributed by atoms with Crippen molar-refractivity contribution in [3.05, 3.63) is 64.5 Å². The highest BCUT2D eigenvalue weighted by atomic mass is 16.7. The maximum atomic E-state index is 12.2. The quantitative estimate of drug-likeness (QED) is 0.535. The Morgan fingerprint density at radius 2 is 1.83 bits per heavy atom. The van der Waals surface area contributed by atoms with Crippen LogP contribution in [0.4, 0.5) is 0 Å². The third kappa shape index (κ3) is 2.40. The van der Waals surface area contributed by atoms with E-state index in [1.807, 2.05) is 0 Å². The lowest BCUT2D eigenvalue weighted by Gasteiger charge is -2.05. The van der Waals surface area contributed by atoms with Crippen molar-refractivity contribution in [3.8, 4) is 17.2 Å². The fourth-order valence-corrected chi connectivity index (χ4v) is 2.30. The highest BCUT2D eigenvalue weighted by molar-refractivity contribution is 5.90. The van der Waals surface area contributed by atoms with Gasteiger partial charge in [-0.3, -0.25) is 4.79 Å². The molecule has 0 unspecified atom stereocenters. The molecule has 0 saturated carbocycles. The van der Waals surface area contributed by atoms with Crippen molar-refractivity contribution in [1.29, 1.82) is 0 Å². The maximum absolute atomic E-state index is 12.2. The van der Waals surface area contributed by atoms with Gasteiger partial charge in [-0.15, -0.1) is 0 Å². The number of hydrogen-bond donors (Lipinski definition) is 0. The van der Waals surface area contributed by atoms with Crippen molar-refractivity contribution >= 4 is 16.9 Å². The Balaban J connectivity index is 1.65. The predicted octanol–water partition coefficient (Wildman–Crippen LogP) is 2.74. The first-order valence-electron chi connectivity index (χ1n) is 6.85. The minimum Gasteiger partial charge on any atom is -0.454 e. The lowest BCUT2D eigenvalue weighted by atomic mass is 10.2. The van der Waals surface area contributed by atoms with Crippen LogP contribution in [-0.2, 0) is 0 Å². The number of rotatable bonds is 2. The lowest BCUT2D eigenvalue weighted by molar-refractivity contribution is 0.0702. The molecule has 0 amide bonds. The average Bonchev–Trinajstić information content (AvgIpc) is 3.02. The fraction of sp³-hybridized carbons (Fsp3) is 0.0588. The van der Waals surface area contributed by atoms with E-state index in [4.69, 9.17) is 18.6 Å². The van der Waals surface area contributed by atoms with Crippen LogP contribution in [0.5, 0.6) is 17.2 Å². The Bertz CT molecular complexity index is 972. The standard InChI is InChI=1S/C17H10O6/c18-12-8-16(23-13-4-2-1-3-11(12)13)17(19)22-10-5-6-14-15(7-10)21-9-20-14/h1-8H,9H2. The van der Waals surface area contributed by atoms with Crippen LogP contribution in [0.1, 0.15) is 10.6 Å². The third-order valence-corrected chi connectivity index (χ3v) is 3.39. The van der Waals surface area contributed by atoms with E-state index < -0.39 is 5.97 Å². The first-order chi connectivity index (χ1) is 11.2. The van der Waals surface area contributed by atoms with Crippen LogP contribution in [0.2, 0.25) is 0 Å². The second-order valence-corrected chi connectivity index (χ2v) is 4.88. The largest absolute Gasteiger partial charge is 0.454 e. The van der Waals surface area contributed by atoms with E-state index in [0.29, 0.717) is 22.5 Å². The van der Waals surface area contributed by atoms with Crippen molar-refractivity contribution in [2.24, 2.45) is 0 Å². The fourth-order valence-electron chi connectivity index (χ4n) is 2.30. The average molecular weight is 310 g/mol. The molecule has 0 atom stereocenters. The Morgan fingerprint density at radius 3 is 2.74 bits per heavy atom. The third-order valence-electron chi connectivity index (χ3n) is 3.39. The van der Waals surface area contributed by atoms with Gasteiger partial charge in [0.1, 0.15) is 11.3 Å². The number of ether oxygens (including phenoxy) is 3. The van der Waals surface area contributed by atoms with Crippen molar-refractivity contribution in [3.63, 3.8) is 0 Å². The molecule has 0 saturated heterocycles. The number of carbonyl (C=O) groups excluding carboxylic acids is 1. The van der Waals surface area contributed by atoms with Crippen LogP contribution in [0.15, 0.2) is 57.7 Å². The molecule has 0 spiro atoms. The topological polar surface area (TPSA) is 75.0 Å². The van der Waals surface area contributed by atoms with E-state index in [2.05, 4.69) is 0 Å². The van der Waals surface area contributed by atoms with E-state index in [1.54, 1.807) is 42.5 Å². The molecule has 1 aliphatic rings. The summed E-state index contributed by atoms with van der Waals surface area (Å²) in [5.41, 5.74) is 0.0297. The molecular formula is C17H10O6. The number of esters is 1. The van der Waals surface area contributed by atoms with Gasteiger partial charge in [0.05, 0.1) is 5.39 Å². The molecule has 0 N–H and O–H groups in total. The van der Waals surface area contributed by atoms with Crippen LogP contribution in [0.3, 0.4) is 0 Å². The summed E-state index contributed by atoms with van der Waals surface area (Å²) in [7, 11) is 0. The highest BCUT2D eigenvalue weighted by Gasteiger charge is 2.18. The van der Waals surface area contributed by atoms with Gasteiger partial charge < -0.3 is 18.6 Å². The van der Waals surface area contributed by atoms with Crippen LogP contribution in [0, 0.1) is 0 Å². The van der Waals surface area contributed by atoms with Gasteiger partial charge in [-0.2, -0.15) is 0 Å². The van der Waals surface area contributed by atoms with Gasteiger partial charge in [0.2, 0.25) is 12.6 Å². The molecule has 1 aromatic heterocycles. The summed E-state index contributed by atoms with van der Waals surface area (Å²) >= 11 is 0. The van der Waals surface area contributed by atoms with Crippen LogP contribution >= 0.6 is 0 Å². The van der Waals surface area contributed by atoms with Gasteiger partial charge in [-0.25, -0.2) is 4.79 Å². The molecule has 2 aromatic carbocycles. The predicted molar refractivity (Wildman–Crippen MR) is 80.0 cm³/mol. The summed E-state index contributed by atoms with van der Waals surface area (Å²) in [6, 6.07) is 12.6. The van der Waals surface area contributed by atoms with Gasteiger partial charge in [-0.05, 0) is 24.3 Å². The van der Waals surface area contributed by atoms with E-state index in [-0.39, 0.29) is 23.7 Å². The van der Waals surface area contributed by atoms with Gasteiger partial charge in [-0.1, -0.05) is 12.1 Å².